The molecule has 1 aliphatic rings. The number of phosphoric ester groups is 1. The molecule has 0 radical (unpaired) electrons. The fraction of sp³-hybridized carbons (Fsp3) is 0.917. The van der Waals surface area contributed by atoms with Gasteiger partial charge in [-0.3, -0.25) is 18.6 Å². The number of likely N-dealkylation sites (N-methyl/N-ethyl adjacent to an activating group) is 1. The number of carbonyl (C=O) groups is 2. The Bertz CT molecular complexity index is 1160. The third-order valence-electron chi connectivity index (χ3n) is 11.9. The van der Waals surface area contributed by atoms with E-state index >= 15 is 0 Å². The number of carbonyl (C=O) groups excluding carboxylic acids is 2. The molecule has 4 N–H and O–H groups in total. The van der Waals surface area contributed by atoms with Crippen LogP contribution in [0.1, 0.15) is 200 Å². The summed E-state index contributed by atoms with van der Waals surface area (Å²) in [5.41, 5.74) is 0. The zero-order valence-corrected chi connectivity index (χ0v) is 40.4. The summed E-state index contributed by atoms with van der Waals surface area (Å²) in [6, 6.07) is 0. The minimum Gasteiger partial charge on any atom is -0.462 e. The molecule has 13 heteroatoms. The third kappa shape index (κ3) is 32.9. The minimum absolute atomic E-state index is 0.000174. The standard InChI is InChI=1S/C48H92NO11P/c1-6-8-10-11-12-13-14-15-16-17-18-19-20-21-22-23-29-33-48(54)60-42(40-59-61(55,56)58-37-36-49(3,4)5)39-57-47(53)32-28-25-24-27-31-43-44(46(52)38-45(43)51)35-34-41(50)30-26-9-7-2/h34-35,41-46,50-52H,6-33,36-40H2,1-5H3/p+1/b35-34+/t41-,42+,43+,44+,45-,46+/m0/s1. The lowest BCUT2D eigenvalue weighted by Gasteiger charge is -2.24. The van der Waals surface area contributed by atoms with Crippen molar-refractivity contribution in [1.82, 2.24) is 0 Å². The molecule has 7 atom stereocenters. The van der Waals surface area contributed by atoms with Crippen LogP contribution in [0, 0.1) is 11.8 Å². The lowest BCUT2D eigenvalue weighted by atomic mass is 9.88. The maximum absolute atomic E-state index is 12.8. The quantitative estimate of drug-likeness (QED) is 0.0152. The molecule has 1 unspecified atom stereocenters. The molecular weight excluding hydrogens is 797 g/mol. The van der Waals surface area contributed by atoms with Gasteiger partial charge in [-0.25, -0.2) is 4.57 Å². The highest BCUT2D eigenvalue weighted by molar-refractivity contribution is 7.47. The van der Waals surface area contributed by atoms with E-state index in [2.05, 4.69) is 13.8 Å². The van der Waals surface area contributed by atoms with Crippen LogP contribution in [0.4, 0.5) is 0 Å². The predicted octanol–water partition coefficient (Wildman–Crippen LogP) is 10.5. The summed E-state index contributed by atoms with van der Waals surface area (Å²) in [7, 11) is 1.37. The summed E-state index contributed by atoms with van der Waals surface area (Å²) in [6.45, 7) is 4.12. The van der Waals surface area contributed by atoms with Crippen LogP contribution in [0.15, 0.2) is 12.2 Å². The van der Waals surface area contributed by atoms with Gasteiger partial charge in [0.2, 0.25) is 0 Å². The Hall–Kier alpha value is -1.37. The van der Waals surface area contributed by atoms with E-state index in [9.17, 15) is 34.4 Å². The van der Waals surface area contributed by atoms with Crippen LogP contribution < -0.4 is 0 Å². The van der Waals surface area contributed by atoms with Gasteiger partial charge < -0.3 is 34.2 Å². The topological polar surface area (TPSA) is 169 Å². The lowest BCUT2D eigenvalue weighted by Crippen LogP contribution is -2.37. The third-order valence-corrected chi connectivity index (χ3v) is 12.9. The first-order valence-electron chi connectivity index (χ1n) is 24.7. The molecule has 0 aromatic heterocycles. The SMILES string of the molecule is CCCCCCCCCCCCCCCCCCCC(=O)O[C@H](COC(=O)CCCCCC[C@@H]1[C@@H](/C=C/[C@@H](O)CCCCC)[C@H](O)C[C@@H]1O)COP(=O)(O)OCC[N+](C)(C)C. The molecule has 0 aromatic carbocycles. The van der Waals surface area contributed by atoms with Gasteiger partial charge in [-0.15, -0.1) is 0 Å². The highest BCUT2D eigenvalue weighted by Gasteiger charge is 2.39. The van der Waals surface area contributed by atoms with Crippen molar-refractivity contribution in [3.8, 4) is 0 Å². The molecule has 1 aliphatic carbocycles. The number of esters is 2. The fourth-order valence-corrected chi connectivity index (χ4v) is 8.74. The summed E-state index contributed by atoms with van der Waals surface area (Å²) < 4.78 is 34.4. The molecule has 1 rings (SSSR count). The molecule has 61 heavy (non-hydrogen) atoms. The first-order valence-corrected chi connectivity index (χ1v) is 26.2. The van der Waals surface area contributed by atoms with Gasteiger partial charge in [0.05, 0.1) is 46.1 Å². The van der Waals surface area contributed by atoms with Crippen molar-refractivity contribution >= 4 is 19.8 Å². The molecule has 1 fully saturated rings. The van der Waals surface area contributed by atoms with E-state index in [1.807, 2.05) is 27.2 Å². The highest BCUT2D eigenvalue weighted by atomic mass is 31.2. The Morgan fingerprint density at radius 1 is 0.672 bits per heavy atom. The van der Waals surface area contributed by atoms with Gasteiger partial charge in [0.1, 0.15) is 19.8 Å². The van der Waals surface area contributed by atoms with E-state index in [0.29, 0.717) is 36.7 Å². The molecule has 1 saturated carbocycles. The van der Waals surface area contributed by atoms with Crippen LogP contribution in [0.3, 0.4) is 0 Å². The number of unbranched alkanes of at least 4 members (excludes halogenated alkanes) is 21. The predicted molar refractivity (Wildman–Crippen MR) is 245 cm³/mol. The minimum atomic E-state index is -4.43. The van der Waals surface area contributed by atoms with Gasteiger partial charge in [0, 0.05) is 25.2 Å². The first kappa shape index (κ1) is 57.6. The normalized spacial score (nSPS) is 20.2. The van der Waals surface area contributed by atoms with Crippen molar-refractivity contribution in [1.29, 1.82) is 0 Å². The Morgan fingerprint density at radius 3 is 1.70 bits per heavy atom. The van der Waals surface area contributed by atoms with Gasteiger partial charge >= 0.3 is 19.8 Å². The molecule has 0 amide bonds. The van der Waals surface area contributed by atoms with E-state index in [1.54, 1.807) is 6.08 Å². The first-order chi connectivity index (χ1) is 29.2. The van der Waals surface area contributed by atoms with Gasteiger partial charge in [0.25, 0.3) is 0 Å². The van der Waals surface area contributed by atoms with Gasteiger partial charge in [0.15, 0.2) is 6.10 Å². The van der Waals surface area contributed by atoms with Crippen LogP contribution >= 0.6 is 7.82 Å². The summed E-state index contributed by atoms with van der Waals surface area (Å²) in [4.78, 5) is 35.7. The van der Waals surface area contributed by atoms with Crippen molar-refractivity contribution in [2.24, 2.45) is 11.8 Å². The maximum atomic E-state index is 12.8. The molecule has 0 aliphatic heterocycles. The van der Waals surface area contributed by atoms with Crippen LogP contribution in [-0.4, -0.2) is 109 Å². The summed E-state index contributed by atoms with van der Waals surface area (Å²) >= 11 is 0. The van der Waals surface area contributed by atoms with Crippen molar-refractivity contribution in [3.05, 3.63) is 12.2 Å². The number of nitrogens with zero attached hydrogens (tertiary/aromatic N) is 1. The zero-order chi connectivity index (χ0) is 45.2. The van der Waals surface area contributed by atoms with Crippen LogP contribution in [0.2, 0.25) is 0 Å². The van der Waals surface area contributed by atoms with Crippen molar-refractivity contribution in [2.75, 3.05) is 47.5 Å². The second kappa shape index (κ2) is 35.9. The Morgan fingerprint density at radius 2 is 1.16 bits per heavy atom. The molecule has 0 aromatic rings. The lowest BCUT2D eigenvalue weighted by molar-refractivity contribution is -0.870. The zero-order valence-electron chi connectivity index (χ0n) is 39.5. The van der Waals surface area contributed by atoms with E-state index in [1.165, 1.54) is 83.5 Å². The molecule has 0 saturated heterocycles. The largest absolute Gasteiger partial charge is 0.472 e. The van der Waals surface area contributed by atoms with Crippen molar-refractivity contribution in [2.45, 2.75) is 224 Å². The monoisotopic (exact) mass is 891 g/mol. The van der Waals surface area contributed by atoms with Gasteiger partial charge in [-0.05, 0) is 31.6 Å². The number of hydrogen-bond donors (Lipinski definition) is 4. The second-order valence-corrected chi connectivity index (χ2v) is 20.3. The van der Waals surface area contributed by atoms with Crippen LogP contribution in [0.25, 0.3) is 0 Å². The number of quaternary nitrogens is 1. The number of ether oxygens (including phenoxy) is 2. The van der Waals surface area contributed by atoms with Gasteiger partial charge in [-0.1, -0.05) is 167 Å². The highest BCUT2D eigenvalue weighted by Crippen LogP contribution is 2.43. The summed E-state index contributed by atoms with van der Waals surface area (Å²) in [5, 5.41) is 31.4. The smallest absolute Gasteiger partial charge is 0.462 e. The molecule has 0 spiro atoms. The number of rotatable bonds is 41. The van der Waals surface area contributed by atoms with E-state index in [-0.39, 0.29) is 37.9 Å². The number of hydrogen-bond acceptors (Lipinski definition) is 10. The number of aliphatic hydroxyl groups is 3. The molecule has 12 nitrogen and oxygen atoms in total. The molecule has 0 heterocycles. The fourth-order valence-electron chi connectivity index (χ4n) is 7.99. The summed E-state index contributed by atoms with van der Waals surface area (Å²) in [6.07, 6.45) is 30.3. The molecule has 0 bridgehead atoms. The Labute approximate surface area is 372 Å². The van der Waals surface area contributed by atoms with Gasteiger partial charge in [-0.2, -0.15) is 0 Å². The maximum Gasteiger partial charge on any atom is 0.472 e. The summed E-state index contributed by atoms with van der Waals surface area (Å²) in [5.74, 6) is -1.19. The molecule has 360 valence electrons. The Balaban J connectivity index is 2.41. The van der Waals surface area contributed by atoms with E-state index in [0.717, 1.165) is 64.2 Å². The van der Waals surface area contributed by atoms with E-state index < -0.39 is 50.8 Å². The molecular formula is C48H93NO11P+. The second-order valence-electron chi connectivity index (χ2n) is 18.8. The average molecular weight is 891 g/mol. The van der Waals surface area contributed by atoms with Crippen molar-refractivity contribution in [3.63, 3.8) is 0 Å². The van der Waals surface area contributed by atoms with Crippen LogP contribution in [-0.2, 0) is 32.7 Å². The average Bonchev–Trinajstić information content (AvgIpc) is 3.47. The van der Waals surface area contributed by atoms with Crippen molar-refractivity contribution < 1.29 is 57.4 Å². The number of aliphatic hydroxyl groups excluding tert-OH is 3. The Kier molecular flexibility index (Phi) is 33.9. The van der Waals surface area contributed by atoms with E-state index in [4.69, 9.17) is 18.5 Å². The number of phosphoric acid groups is 1. The van der Waals surface area contributed by atoms with Crippen LogP contribution in [0.5, 0.6) is 0 Å².